The Bertz CT molecular complexity index is 667. The van der Waals surface area contributed by atoms with Crippen molar-refractivity contribution in [3.8, 4) is 0 Å². The number of halogens is 4. The highest BCUT2D eigenvalue weighted by molar-refractivity contribution is 5.89. The number of urea groups is 1. The van der Waals surface area contributed by atoms with Crippen molar-refractivity contribution in [1.82, 2.24) is 15.5 Å². The molecular formula is C17H22ClF3N4O2. The Hall–Kier alpha value is -2.00. The van der Waals surface area contributed by atoms with Crippen LogP contribution in [0.1, 0.15) is 19.3 Å². The molecule has 2 heterocycles. The number of hydrogen-bond acceptors (Lipinski definition) is 3. The second-order valence-electron chi connectivity index (χ2n) is 6.70. The van der Waals surface area contributed by atoms with E-state index in [9.17, 15) is 22.8 Å². The number of benzene rings is 1. The summed E-state index contributed by atoms with van der Waals surface area (Å²) in [5, 5.41) is 7.99. The zero-order valence-electron chi connectivity index (χ0n) is 14.5. The molecule has 2 saturated heterocycles. The SMILES string of the molecule is Cl.O=C(Nc1ccc(F)cc1)NC1CCN(C(=O)C2CC(F)(F)CN2)CC1. The molecule has 1 unspecified atom stereocenters. The van der Waals surface area contributed by atoms with Gasteiger partial charge in [0.25, 0.3) is 5.92 Å². The number of nitrogens with one attached hydrogen (secondary N) is 3. The van der Waals surface area contributed by atoms with Gasteiger partial charge in [-0.3, -0.25) is 10.1 Å². The first-order valence-corrected chi connectivity index (χ1v) is 8.55. The number of nitrogens with zero attached hydrogens (tertiary/aromatic N) is 1. The summed E-state index contributed by atoms with van der Waals surface area (Å²) in [5.41, 5.74) is 0.477. The van der Waals surface area contributed by atoms with E-state index < -0.39 is 31.0 Å². The summed E-state index contributed by atoms with van der Waals surface area (Å²) >= 11 is 0. The first-order chi connectivity index (χ1) is 12.3. The van der Waals surface area contributed by atoms with Crippen molar-refractivity contribution < 1.29 is 22.8 Å². The maximum Gasteiger partial charge on any atom is 0.319 e. The summed E-state index contributed by atoms with van der Waals surface area (Å²) in [7, 11) is 0. The van der Waals surface area contributed by atoms with Crippen molar-refractivity contribution >= 4 is 30.0 Å². The predicted octanol–water partition coefficient (Wildman–Crippen LogP) is 2.36. The molecule has 3 amide bonds. The fraction of sp³-hybridized carbons (Fsp3) is 0.529. The highest BCUT2D eigenvalue weighted by Gasteiger charge is 2.43. The summed E-state index contributed by atoms with van der Waals surface area (Å²) in [6.45, 7) is 0.346. The van der Waals surface area contributed by atoms with Gasteiger partial charge in [-0.25, -0.2) is 18.0 Å². The quantitative estimate of drug-likeness (QED) is 0.721. The lowest BCUT2D eigenvalue weighted by molar-refractivity contribution is -0.134. The predicted molar refractivity (Wildman–Crippen MR) is 96.8 cm³/mol. The van der Waals surface area contributed by atoms with Crippen molar-refractivity contribution in [2.45, 2.75) is 37.3 Å². The Kier molecular flexibility index (Phi) is 6.94. The molecule has 2 aliphatic heterocycles. The first-order valence-electron chi connectivity index (χ1n) is 8.55. The van der Waals surface area contributed by atoms with Crippen molar-refractivity contribution in [3.63, 3.8) is 0 Å². The van der Waals surface area contributed by atoms with Gasteiger partial charge in [-0.05, 0) is 37.1 Å². The van der Waals surface area contributed by atoms with Crippen LogP contribution in [0, 0.1) is 5.82 Å². The van der Waals surface area contributed by atoms with Crippen molar-refractivity contribution in [2.24, 2.45) is 0 Å². The Morgan fingerprint density at radius 1 is 1.15 bits per heavy atom. The van der Waals surface area contributed by atoms with Gasteiger partial charge in [-0.2, -0.15) is 0 Å². The number of hydrogen-bond donors (Lipinski definition) is 3. The lowest BCUT2D eigenvalue weighted by Crippen LogP contribution is -2.51. The van der Waals surface area contributed by atoms with Crippen molar-refractivity contribution in [1.29, 1.82) is 0 Å². The van der Waals surface area contributed by atoms with Crippen LogP contribution in [0.3, 0.4) is 0 Å². The number of piperidine rings is 1. The monoisotopic (exact) mass is 406 g/mol. The molecule has 27 heavy (non-hydrogen) atoms. The van der Waals surface area contributed by atoms with Crippen molar-refractivity contribution in [3.05, 3.63) is 30.1 Å². The summed E-state index contributed by atoms with van der Waals surface area (Å²) in [6.07, 6.45) is 0.626. The molecule has 0 aliphatic carbocycles. The number of anilines is 1. The fourth-order valence-electron chi connectivity index (χ4n) is 3.24. The van der Waals surface area contributed by atoms with Crippen LogP contribution >= 0.6 is 12.4 Å². The molecule has 6 nitrogen and oxygen atoms in total. The van der Waals surface area contributed by atoms with E-state index in [4.69, 9.17) is 0 Å². The summed E-state index contributed by atoms with van der Waals surface area (Å²) < 4.78 is 39.3. The van der Waals surface area contributed by atoms with E-state index in [0.717, 1.165) is 0 Å². The molecule has 10 heteroatoms. The molecular weight excluding hydrogens is 385 g/mol. The van der Waals surface area contributed by atoms with Gasteiger partial charge in [0.2, 0.25) is 5.91 Å². The molecule has 1 atom stereocenters. The molecule has 0 saturated carbocycles. The molecule has 3 N–H and O–H groups in total. The number of carbonyl (C=O) groups excluding carboxylic acids is 2. The number of amides is 3. The summed E-state index contributed by atoms with van der Waals surface area (Å²) in [4.78, 5) is 25.8. The van der Waals surface area contributed by atoms with Crippen LogP contribution in [0.5, 0.6) is 0 Å². The number of likely N-dealkylation sites (tertiary alicyclic amines) is 1. The first kappa shape index (κ1) is 21.3. The van der Waals surface area contributed by atoms with Gasteiger partial charge >= 0.3 is 6.03 Å². The fourth-order valence-corrected chi connectivity index (χ4v) is 3.24. The molecule has 1 aromatic rings. The number of rotatable bonds is 3. The van der Waals surface area contributed by atoms with E-state index in [1.165, 1.54) is 24.3 Å². The minimum Gasteiger partial charge on any atom is -0.341 e. The Morgan fingerprint density at radius 2 is 1.78 bits per heavy atom. The van der Waals surface area contributed by atoms with Crippen molar-refractivity contribution in [2.75, 3.05) is 25.0 Å². The number of carbonyl (C=O) groups is 2. The van der Waals surface area contributed by atoms with E-state index in [2.05, 4.69) is 16.0 Å². The van der Waals surface area contributed by atoms with Gasteiger partial charge in [-0.1, -0.05) is 0 Å². The zero-order chi connectivity index (χ0) is 18.7. The third-order valence-electron chi connectivity index (χ3n) is 4.65. The summed E-state index contributed by atoms with van der Waals surface area (Å²) in [6, 6.07) is 4.06. The van der Waals surface area contributed by atoms with Gasteiger partial charge in [0.15, 0.2) is 0 Å². The smallest absolute Gasteiger partial charge is 0.319 e. The van der Waals surface area contributed by atoms with Crippen LogP contribution in [-0.4, -0.2) is 54.5 Å². The highest BCUT2D eigenvalue weighted by Crippen LogP contribution is 2.26. The van der Waals surface area contributed by atoms with Gasteiger partial charge in [-0.15, -0.1) is 12.4 Å². The van der Waals surface area contributed by atoms with Gasteiger partial charge in [0, 0.05) is 31.2 Å². The third-order valence-corrected chi connectivity index (χ3v) is 4.65. The minimum absolute atomic E-state index is 0. The van der Waals surface area contributed by atoms with E-state index in [1.54, 1.807) is 4.90 Å². The van der Waals surface area contributed by atoms with Crippen LogP contribution in [0.25, 0.3) is 0 Å². The minimum atomic E-state index is -2.83. The lowest BCUT2D eigenvalue weighted by atomic mass is 10.0. The van der Waals surface area contributed by atoms with Crippen LogP contribution in [0.15, 0.2) is 24.3 Å². The van der Waals surface area contributed by atoms with E-state index in [1.807, 2.05) is 0 Å². The van der Waals surface area contributed by atoms with Gasteiger partial charge in [0.1, 0.15) is 5.82 Å². The molecule has 0 aromatic heterocycles. The maximum atomic E-state index is 13.2. The lowest BCUT2D eigenvalue weighted by Gasteiger charge is -2.33. The van der Waals surface area contributed by atoms with E-state index >= 15 is 0 Å². The molecule has 2 aliphatic rings. The number of alkyl halides is 2. The molecule has 150 valence electrons. The summed E-state index contributed by atoms with van der Waals surface area (Å²) in [5.74, 6) is -3.53. The zero-order valence-corrected chi connectivity index (χ0v) is 15.3. The van der Waals surface area contributed by atoms with Crippen LogP contribution in [0.2, 0.25) is 0 Å². The molecule has 0 radical (unpaired) electrons. The van der Waals surface area contributed by atoms with Gasteiger partial charge < -0.3 is 15.5 Å². The van der Waals surface area contributed by atoms with Crippen LogP contribution in [0.4, 0.5) is 23.7 Å². The van der Waals surface area contributed by atoms with E-state index in [0.29, 0.717) is 31.6 Å². The van der Waals surface area contributed by atoms with Crippen LogP contribution < -0.4 is 16.0 Å². The Balaban J connectivity index is 0.00000261. The average molecular weight is 407 g/mol. The molecule has 2 fully saturated rings. The maximum absolute atomic E-state index is 13.2. The molecule has 0 spiro atoms. The molecule has 3 rings (SSSR count). The average Bonchev–Trinajstić information content (AvgIpc) is 2.97. The standard InChI is InChI=1S/C17H21F3N4O2.ClH/c18-11-1-3-12(4-2-11)22-16(26)23-13-5-7-24(8-6-13)15(25)14-9-17(19,20)10-21-14;/h1-4,13-14,21H,5-10H2,(H2,22,23,26);1H. The topological polar surface area (TPSA) is 73.5 Å². The Morgan fingerprint density at radius 3 is 2.33 bits per heavy atom. The second kappa shape index (κ2) is 8.79. The molecule has 1 aromatic carbocycles. The van der Waals surface area contributed by atoms with Crippen LogP contribution in [-0.2, 0) is 4.79 Å². The largest absolute Gasteiger partial charge is 0.341 e. The molecule has 0 bridgehead atoms. The highest BCUT2D eigenvalue weighted by atomic mass is 35.5. The van der Waals surface area contributed by atoms with E-state index in [-0.39, 0.29) is 30.2 Å². The van der Waals surface area contributed by atoms with Gasteiger partial charge in [0.05, 0.1) is 12.6 Å². The Labute approximate surface area is 161 Å². The second-order valence-corrected chi connectivity index (χ2v) is 6.70. The normalized spacial score (nSPS) is 22.0. The third kappa shape index (κ3) is 5.74.